The smallest absolute Gasteiger partial charge is 0.291 e. The number of para-hydroxylation sites is 1. The Hall–Kier alpha value is -3.15. The lowest BCUT2D eigenvalue weighted by atomic mass is 10.1. The predicted octanol–water partition coefficient (Wildman–Crippen LogP) is 1.87. The molecule has 1 fully saturated rings. The first-order valence-electron chi connectivity index (χ1n) is 8.85. The van der Waals surface area contributed by atoms with E-state index in [2.05, 4.69) is 5.43 Å². The summed E-state index contributed by atoms with van der Waals surface area (Å²) in [7, 11) is -3.01. The summed E-state index contributed by atoms with van der Waals surface area (Å²) in [5.74, 6) is -1.87. The number of sulfonamides is 1. The normalized spacial score (nSPS) is 17.8. The number of aliphatic hydroxyl groups excluding tert-OH is 1. The molecular formula is C19H15ClN4O5S2. The van der Waals surface area contributed by atoms with Crippen molar-refractivity contribution in [3.05, 3.63) is 64.8 Å². The molecule has 0 saturated carbocycles. The molecule has 2 heterocycles. The molecule has 0 aliphatic carbocycles. The van der Waals surface area contributed by atoms with Gasteiger partial charge in [-0.15, -0.1) is 0 Å². The van der Waals surface area contributed by atoms with E-state index in [-0.39, 0.29) is 33.0 Å². The van der Waals surface area contributed by atoms with Crippen molar-refractivity contribution in [2.24, 2.45) is 0 Å². The number of nitrogens with one attached hydrogen (secondary N) is 1. The molecule has 9 nitrogen and oxygen atoms in total. The van der Waals surface area contributed by atoms with Gasteiger partial charge < -0.3 is 5.11 Å². The molecule has 0 unspecified atom stereocenters. The summed E-state index contributed by atoms with van der Waals surface area (Å²) < 4.78 is 26.4. The van der Waals surface area contributed by atoms with Gasteiger partial charge in [-0.25, -0.2) is 8.42 Å². The van der Waals surface area contributed by atoms with Gasteiger partial charge in [-0.2, -0.15) is 0 Å². The van der Waals surface area contributed by atoms with E-state index in [9.17, 15) is 23.1 Å². The molecule has 0 atom stereocenters. The summed E-state index contributed by atoms with van der Waals surface area (Å²) in [6.07, 6.45) is 0. The topological polar surface area (TPSA) is 110 Å². The van der Waals surface area contributed by atoms with Crippen molar-refractivity contribution in [2.45, 2.75) is 4.90 Å². The second kappa shape index (κ2) is 7.52. The van der Waals surface area contributed by atoms with Gasteiger partial charge in [-0.1, -0.05) is 29.8 Å². The molecule has 0 spiro atoms. The number of hydrogen-bond acceptors (Lipinski definition) is 6. The number of carbonyl (C=O) groups is 2. The van der Waals surface area contributed by atoms with Gasteiger partial charge in [-0.05, 0) is 42.5 Å². The van der Waals surface area contributed by atoms with Gasteiger partial charge in [0.25, 0.3) is 21.8 Å². The average Bonchev–Trinajstić information content (AvgIpc) is 3.00. The van der Waals surface area contributed by atoms with E-state index in [1.54, 1.807) is 30.3 Å². The third kappa shape index (κ3) is 3.40. The highest BCUT2D eigenvalue weighted by Gasteiger charge is 2.41. The minimum absolute atomic E-state index is 0.0122. The summed E-state index contributed by atoms with van der Waals surface area (Å²) in [6, 6.07) is 12.5. The van der Waals surface area contributed by atoms with Crippen LogP contribution in [0, 0.1) is 0 Å². The zero-order valence-corrected chi connectivity index (χ0v) is 18.3. The summed E-state index contributed by atoms with van der Waals surface area (Å²) in [5.41, 5.74) is 2.37. The Labute approximate surface area is 188 Å². The van der Waals surface area contributed by atoms with E-state index in [1.165, 1.54) is 23.1 Å². The lowest BCUT2D eigenvalue weighted by molar-refractivity contribution is -0.122. The molecule has 2 aliphatic heterocycles. The van der Waals surface area contributed by atoms with Crippen LogP contribution in [0.2, 0.25) is 5.02 Å². The number of fused-ring (bicyclic) bond motifs is 1. The molecule has 2 aromatic carbocycles. The highest BCUT2D eigenvalue weighted by molar-refractivity contribution is 7.89. The second-order valence-corrected chi connectivity index (χ2v) is 9.42. The maximum atomic E-state index is 12.9. The third-order valence-corrected chi connectivity index (χ3v) is 7.24. The minimum Gasteiger partial charge on any atom is -0.505 e. The number of amides is 2. The van der Waals surface area contributed by atoms with E-state index < -0.39 is 27.4 Å². The Balaban J connectivity index is 1.66. The average molecular weight is 479 g/mol. The monoisotopic (exact) mass is 478 g/mol. The molecule has 2 amide bonds. The van der Waals surface area contributed by atoms with E-state index in [0.29, 0.717) is 9.99 Å². The quantitative estimate of drug-likeness (QED) is 0.648. The number of anilines is 1. The molecule has 2 N–H and O–H groups in total. The van der Waals surface area contributed by atoms with Gasteiger partial charge in [0, 0.05) is 17.6 Å². The van der Waals surface area contributed by atoms with Gasteiger partial charge in [0.2, 0.25) is 5.11 Å². The Morgan fingerprint density at radius 1 is 1.19 bits per heavy atom. The molecule has 2 aromatic rings. The number of benzene rings is 2. The largest absolute Gasteiger partial charge is 0.505 e. The molecule has 0 aromatic heterocycles. The zero-order valence-electron chi connectivity index (χ0n) is 15.9. The van der Waals surface area contributed by atoms with Crippen LogP contribution in [0.5, 0.6) is 0 Å². The number of aliphatic hydroxyl groups is 1. The van der Waals surface area contributed by atoms with Gasteiger partial charge in [0.15, 0.2) is 11.5 Å². The van der Waals surface area contributed by atoms with E-state index in [1.807, 2.05) is 0 Å². The molecule has 1 saturated heterocycles. The van der Waals surface area contributed by atoms with E-state index >= 15 is 0 Å². The molecule has 160 valence electrons. The lowest BCUT2D eigenvalue weighted by Gasteiger charge is -2.30. The highest BCUT2D eigenvalue weighted by atomic mass is 35.5. The number of thiocarbonyl (C=S) groups is 1. The van der Waals surface area contributed by atoms with Crippen LogP contribution in [0.4, 0.5) is 5.69 Å². The van der Waals surface area contributed by atoms with Gasteiger partial charge in [-0.3, -0.25) is 29.2 Å². The van der Waals surface area contributed by atoms with E-state index in [4.69, 9.17) is 23.8 Å². The lowest BCUT2D eigenvalue weighted by Crippen LogP contribution is -2.48. The zero-order chi connectivity index (χ0) is 22.5. The van der Waals surface area contributed by atoms with Crippen molar-refractivity contribution in [3.63, 3.8) is 0 Å². The van der Waals surface area contributed by atoms with Crippen molar-refractivity contribution >= 4 is 62.2 Å². The fourth-order valence-electron chi connectivity index (χ4n) is 3.30. The summed E-state index contributed by atoms with van der Waals surface area (Å²) >= 11 is 11.2. The Bertz CT molecular complexity index is 1260. The van der Waals surface area contributed by atoms with Crippen molar-refractivity contribution in [1.82, 2.24) is 14.7 Å². The SMILES string of the molecule is CN1C(C(=O)NN2CC(=O)N(c3ccccc3)C2=S)=C(O)c2ccc(Cl)cc2S1(=O)=O. The summed E-state index contributed by atoms with van der Waals surface area (Å²) in [5, 5.41) is 11.9. The van der Waals surface area contributed by atoms with Crippen LogP contribution in [-0.4, -0.2) is 53.4 Å². The third-order valence-electron chi connectivity index (χ3n) is 4.81. The number of halogens is 1. The van der Waals surface area contributed by atoms with Crippen LogP contribution in [0.25, 0.3) is 5.76 Å². The maximum absolute atomic E-state index is 12.9. The highest BCUT2D eigenvalue weighted by Crippen LogP contribution is 2.36. The van der Waals surface area contributed by atoms with Crippen molar-refractivity contribution in [3.8, 4) is 0 Å². The Kier molecular flexibility index (Phi) is 5.12. The van der Waals surface area contributed by atoms with Crippen molar-refractivity contribution in [2.75, 3.05) is 18.5 Å². The van der Waals surface area contributed by atoms with Gasteiger partial charge >= 0.3 is 0 Å². The molecule has 4 rings (SSSR count). The maximum Gasteiger partial charge on any atom is 0.291 e. The molecule has 12 heteroatoms. The Morgan fingerprint density at radius 3 is 2.55 bits per heavy atom. The minimum atomic E-state index is -4.14. The van der Waals surface area contributed by atoms with Crippen molar-refractivity contribution < 1.29 is 23.1 Å². The van der Waals surface area contributed by atoms with Crippen LogP contribution in [0.15, 0.2) is 59.1 Å². The van der Waals surface area contributed by atoms with Crippen LogP contribution >= 0.6 is 23.8 Å². The van der Waals surface area contributed by atoms with Crippen LogP contribution in [-0.2, 0) is 19.6 Å². The second-order valence-electron chi connectivity index (χ2n) is 6.68. The first kappa shape index (κ1) is 21.1. The summed E-state index contributed by atoms with van der Waals surface area (Å²) in [6.45, 7) is -0.254. The summed E-state index contributed by atoms with van der Waals surface area (Å²) in [4.78, 5) is 26.4. The fraction of sp³-hybridized carbons (Fsp3) is 0.105. The fourth-order valence-corrected chi connectivity index (χ4v) is 5.27. The number of hydrogen-bond donors (Lipinski definition) is 2. The molecule has 0 radical (unpaired) electrons. The van der Waals surface area contributed by atoms with Crippen LogP contribution in [0.3, 0.4) is 0 Å². The van der Waals surface area contributed by atoms with Gasteiger partial charge in [0.05, 0.1) is 5.69 Å². The first-order valence-corrected chi connectivity index (χ1v) is 11.1. The molecule has 2 aliphatic rings. The number of carbonyl (C=O) groups excluding carboxylic acids is 2. The van der Waals surface area contributed by atoms with Crippen LogP contribution < -0.4 is 10.3 Å². The Morgan fingerprint density at radius 2 is 1.87 bits per heavy atom. The number of rotatable bonds is 3. The number of hydrazine groups is 1. The molecule has 0 bridgehead atoms. The molecule has 31 heavy (non-hydrogen) atoms. The van der Waals surface area contributed by atoms with Crippen molar-refractivity contribution in [1.29, 1.82) is 0 Å². The predicted molar refractivity (Wildman–Crippen MR) is 117 cm³/mol. The first-order chi connectivity index (χ1) is 14.6. The standard InChI is InChI=1S/C19H15ClN4O5S2/c1-22-16(17(26)13-8-7-11(20)9-14(13)31(22,28)29)18(27)21-23-10-15(25)24(19(23)30)12-5-3-2-4-6-12/h2-9,26H,10H2,1H3,(H,21,27). The number of nitrogens with zero attached hydrogens (tertiary/aromatic N) is 3. The van der Waals surface area contributed by atoms with Crippen LogP contribution in [0.1, 0.15) is 5.56 Å². The molecular weight excluding hydrogens is 464 g/mol. The number of likely N-dealkylation sites (N-methyl/N-ethyl adjacent to an activating group) is 1. The van der Waals surface area contributed by atoms with Gasteiger partial charge in [0.1, 0.15) is 11.4 Å². The van der Waals surface area contributed by atoms with E-state index in [0.717, 1.165) is 12.1 Å².